The summed E-state index contributed by atoms with van der Waals surface area (Å²) in [6.45, 7) is 0. The molecule has 1 saturated carbocycles. The van der Waals surface area contributed by atoms with Gasteiger partial charge in [-0.25, -0.2) is 9.37 Å². The molecule has 0 bridgehead atoms. The van der Waals surface area contributed by atoms with Crippen molar-refractivity contribution in [3.63, 3.8) is 0 Å². The molecule has 0 spiro atoms. The standard InChI is InChI=1S/C16H14BrFN2O5/c1-24-8-5-16(6-8,15(21)25-2)14-9-3-10(17)11(18)4-12(9)19-7-13(14)20(22)23/h3-4,7-8H,5-6H2,1-2H3. The number of methoxy groups -OCH3 is 2. The van der Waals surface area contributed by atoms with E-state index in [-0.39, 0.29) is 40.2 Å². The molecule has 0 radical (unpaired) electrons. The van der Waals surface area contributed by atoms with E-state index in [2.05, 4.69) is 20.9 Å². The zero-order valence-electron chi connectivity index (χ0n) is 13.4. The second-order valence-corrected chi connectivity index (χ2v) is 6.75. The molecule has 0 N–H and O–H groups in total. The van der Waals surface area contributed by atoms with Crippen LogP contribution < -0.4 is 0 Å². The Morgan fingerprint density at radius 3 is 2.68 bits per heavy atom. The fourth-order valence-corrected chi connectivity index (χ4v) is 3.71. The number of esters is 1. The number of hydrogen-bond acceptors (Lipinski definition) is 6. The van der Waals surface area contributed by atoms with E-state index in [0.717, 1.165) is 6.20 Å². The Bertz CT molecular complexity index is 882. The highest BCUT2D eigenvalue weighted by atomic mass is 79.9. The first-order chi connectivity index (χ1) is 11.8. The van der Waals surface area contributed by atoms with Gasteiger partial charge in [0.05, 0.1) is 33.7 Å². The molecule has 0 unspecified atom stereocenters. The van der Waals surface area contributed by atoms with Crippen LogP contribution in [0.3, 0.4) is 0 Å². The van der Waals surface area contributed by atoms with Gasteiger partial charge in [0.25, 0.3) is 5.69 Å². The van der Waals surface area contributed by atoms with E-state index >= 15 is 0 Å². The largest absolute Gasteiger partial charge is 0.468 e. The first-order valence-electron chi connectivity index (χ1n) is 7.38. The molecule has 1 fully saturated rings. The monoisotopic (exact) mass is 412 g/mol. The number of hydrogen-bond donors (Lipinski definition) is 0. The lowest BCUT2D eigenvalue weighted by molar-refractivity contribution is -0.386. The van der Waals surface area contributed by atoms with Crippen LogP contribution in [-0.4, -0.2) is 36.2 Å². The van der Waals surface area contributed by atoms with Gasteiger partial charge in [0.2, 0.25) is 0 Å². The molecule has 1 aliphatic rings. The van der Waals surface area contributed by atoms with Gasteiger partial charge in [-0.05, 0) is 34.8 Å². The Morgan fingerprint density at radius 2 is 2.12 bits per heavy atom. The van der Waals surface area contributed by atoms with Crippen molar-refractivity contribution >= 4 is 38.5 Å². The number of benzene rings is 1. The lowest BCUT2D eigenvalue weighted by Gasteiger charge is -2.44. The summed E-state index contributed by atoms with van der Waals surface area (Å²) >= 11 is 3.08. The molecule has 1 aliphatic carbocycles. The number of carbonyl (C=O) groups excluding carboxylic acids is 1. The second-order valence-electron chi connectivity index (χ2n) is 5.90. The SMILES string of the molecule is COC(=O)C1(c2c([N+](=O)[O-])cnc3cc(F)c(Br)cc23)CC(OC)C1. The maximum Gasteiger partial charge on any atom is 0.316 e. The highest BCUT2D eigenvalue weighted by Gasteiger charge is 2.56. The Kier molecular flexibility index (Phi) is 4.46. The van der Waals surface area contributed by atoms with E-state index in [1.807, 2.05) is 0 Å². The lowest BCUT2D eigenvalue weighted by atomic mass is 9.61. The number of aromatic nitrogens is 1. The molecule has 25 heavy (non-hydrogen) atoms. The summed E-state index contributed by atoms with van der Waals surface area (Å²) in [6.07, 6.45) is 1.32. The van der Waals surface area contributed by atoms with Gasteiger partial charge in [0.15, 0.2) is 0 Å². The molecule has 3 rings (SSSR count). The maximum absolute atomic E-state index is 13.8. The van der Waals surface area contributed by atoms with Crippen LogP contribution >= 0.6 is 15.9 Å². The van der Waals surface area contributed by atoms with Gasteiger partial charge in [-0.15, -0.1) is 0 Å². The quantitative estimate of drug-likeness (QED) is 0.434. The van der Waals surface area contributed by atoms with Crippen LogP contribution in [0.5, 0.6) is 0 Å². The van der Waals surface area contributed by atoms with Gasteiger partial charge in [-0.3, -0.25) is 14.9 Å². The van der Waals surface area contributed by atoms with E-state index in [4.69, 9.17) is 9.47 Å². The van der Waals surface area contributed by atoms with Crippen molar-refractivity contribution in [2.45, 2.75) is 24.4 Å². The molecular formula is C16H14BrFN2O5. The molecule has 0 saturated heterocycles. The summed E-state index contributed by atoms with van der Waals surface area (Å²) in [5.74, 6) is -1.13. The summed E-state index contributed by atoms with van der Waals surface area (Å²) < 4.78 is 24.1. The molecule has 1 aromatic heterocycles. The minimum Gasteiger partial charge on any atom is -0.468 e. The second kappa shape index (κ2) is 6.30. The summed E-state index contributed by atoms with van der Waals surface area (Å²) in [5, 5.41) is 11.9. The Morgan fingerprint density at radius 1 is 1.44 bits per heavy atom. The van der Waals surface area contributed by atoms with Crippen LogP contribution in [0.1, 0.15) is 18.4 Å². The first-order valence-corrected chi connectivity index (χ1v) is 8.17. The number of halogens is 2. The Hall–Kier alpha value is -2.13. The zero-order valence-corrected chi connectivity index (χ0v) is 15.0. The number of fused-ring (bicyclic) bond motifs is 1. The van der Waals surface area contributed by atoms with Crippen molar-refractivity contribution in [2.75, 3.05) is 14.2 Å². The number of rotatable bonds is 4. The van der Waals surface area contributed by atoms with Crippen molar-refractivity contribution in [3.05, 3.63) is 44.3 Å². The van der Waals surface area contributed by atoms with E-state index in [1.165, 1.54) is 26.4 Å². The number of nitro groups is 1. The average Bonchev–Trinajstić information content (AvgIpc) is 2.54. The van der Waals surface area contributed by atoms with E-state index in [0.29, 0.717) is 5.39 Å². The fourth-order valence-electron chi connectivity index (χ4n) is 3.37. The maximum atomic E-state index is 13.8. The Balaban J connectivity index is 2.35. The van der Waals surface area contributed by atoms with Crippen molar-refractivity contribution < 1.29 is 23.6 Å². The normalized spacial score (nSPS) is 22.5. The van der Waals surface area contributed by atoms with Gasteiger partial charge in [0, 0.05) is 18.6 Å². The predicted octanol–water partition coefficient (Wildman–Crippen LogP) is 3.26. The predicted molar refractivity (Wildman–Crippen MR) is 89.8 cm³/mol. The molecule has 0 amide bonds. The molecule has 132 valence electrons. The highest BCUT2D eigenvalue weighted by Crippen LogP contribution is 2.51. The van der Waals surface area contributed by atoms with E-state index in [1.54, 1.807) is 0 Å². The fraction of sp³-hybridized carbons (Fsp3) is 0.375. The minimum absolute atomic E-state index is 0.131. The van der Waals surface area contributed by atoms with Crippen LogP contribution in [0.2, 0.25) is 0 Å². The van der Waals surface area contributed by atoms with Gasteiger partial charge < -0.3 is 9.47 Å². The van der Waals surface area contributed by atoms with Gasteiger partial charge in [-0.1, -0.05) is 0 Å². The molecule has 1 heterocycles. The van der Waals surface area contributed by atoms with Crippen LogP contribution in [0.25, 0.3) is 10.9 Å². The van der Waals surface area contributed by atoms with Crippen molar-refractivity contribution in [3.8, 4) is 0 Å². The smallest absolute Gasteiger partial charge is 0.316 e. The van der Waals surface area contributed by atoms with Gasteiger partial charge in [0.1, 0.15) is 17.4 Å². The van der Waals surface area contributed by atoms with Crippen LogP contribution in [-0.2, 0) is 19.7 Å². The van der Waals surface area contributed by atoms with E-state index in [9.17, 15) is 19.3 Å². The van der Waals surface area contributed by atoms with E-state index < -0.39 is 22.1 Å². The van der Waals surface area contributed by atoms with Crippen molar-refractivity contribution in [1.29, 1.82) is 0 Å². The van der Waals surface area contributed by atoms with Crippen LogP contribution in [0.15, 0.2) is 22.8 Å². The zero-order chi connectivity index (χ0) is 18.4. The molecule has 2 aromatic rings. The first kappa shape index (κ1) is 17.7. The number of nitrogens with zero attached hydrogens (tertiary/aromatic N) is 2. The molecule has 7 nitrogen and oxygen atoms in total. The topological polar surface area (TPSA) is 91.6 Å². The Labute approximate surface area is 150 Å². The number of carbonyl (C=O) groups is 1. The third kappa shape index (κ3) is 2.67. The third-order valence-corrected chi connectivity index (χ3v) is 5.23. The van der Waals surface area contributed by atoms with Crippen LogP contribution in [0.4, 0.5) is 10.1 Å². The molecule has 1 aromatic carbocycles. The summed E-state index contributed by atoms with van der Waals surface area (Å²) in [6, 6.07) is 2.58. The van der Waals surface area contributed by atoms with Crippen LogP contribution in [0, 0.1) is 15.9 Å². The molecule has 0 aliphatic heterocycles. The molecule has 9 heteroatoms. The van der Waals surface area contributed by atoms with Gasteiger partial charge >= 0.3 is 5.97 Å². The van der Waals surface area contributed by atoms with Gasteiger partial charge in [-0.2, -0.15) is 0 Å². The summed E-state index contributed by atoms with van der Waals surface area (Å²) in [7, 11) is 2.74. The van der Waals surface area contributed by atoms with Crippen molar-refractivity contribution in [1.82, 2.24) is 4.98 Å². The van der Waals surface area contributed by atoms with Crippen molar-refractivity contribution in [2.24, 2.45) is 0 Å². The molecular weight excluding hydrogens is 399 g/mol. The third-order valence-electron chi connectivity index (χ3n) is 4.63. The lowest BCUT2D eigenvalue weighted by Crippen LogP contribution is -2.52. The highest BCUT2D eigenvalue weighted by molar-refractivity contribution is 9.10. The number of ether oxygens (including phenoxy) is 2. The minimum atomic E-state index is -1.23. The summed E-state index contributed by atoms with van der Waals surface area (Å²) in [5.41, 5.74) is -1.12. The number of pyridine rings is 1. The molecule has 0 atom stereocenters. The summed E-state index contributed by atoms with van der Waals surface area (Å²) in [4.78, 5) is 27.5. The average molecular weight is 413 g/mol.